The van der Waals surface area contributed by atoms with Gasteiger partial charge in [-0.15, -0.1) is 0 Å². The molecular formula is C15H23ClN2O3S. The number of hydrogen-bond acceptors (Lipinski definition) is 4. The van der Waals surface area contributed by atoms with E-state index in [0.717, 1.165) is 11.8 Å². The lowest BCUT2D eigenvalue weighted by Crippen LogP contribution is -2.45. The predicted octanol–water partition coefficient (Wildman–Crippen LogP) is 1.50. The number of benzene rings is 1. The molecule has 0 aliphatic carbocycles. The Kier molecular flexibility index (Phi) is 6.40. The lowest BCUT2D eigenvalue weighted by molar-refractivity contribution is -0.122. The molecule has 0 radical (unpaired) electrons. The molecule has 0 aliphatic rings. The van der Waals surface area contributed by atoms with Crippen molar-refractivity contribution in [2.75, 3.05) is 18.6 Å². The van der Waals surface area contributed by atoms with E-state index in [-0.39, 0.29) is 23.5 Å². The summed E-state index contributed by atoms with van der Waals surface area (Å²) in [4.78, 5) is 11.9. The molecule has 1 rings (SSSR count). The third-order valence-electron chi connectivity index (χ3n) is 3.47. The van der Waals surface area contributed by atoms with E-state index in [1.807, 2.05) is 26.0 Å². The molecule has 7 heteroatoms. The summed E-state index contributed by atoms with van der Waals surface area (Å²) in [5.74, 6) is -0.437. The van der Waals surface area contributed by atoms with Gasteiger partial charge in [0.1, 0.15) is 9.84 Å². The fourth-order valence-electron chi connectivity index (χ4n) is 1.91. The molecule has 1 aromatic rings. The summed E-state index contributed by atoms with van der Waals surface area (Å²) in [6.07, 6.45) is 1.24. The third kappa shape index (κ3) is 6.34. The first-order chi connectivity index (χ1) is 10.0. The molecule has 1 aromatic carbocycles. The molecular weight excluding hydrogens is 324 g/mol. The zero-order chi connectivity index (χ0) is 17.0. The summed E-state index contributed by atoms with van der Waals surface area (Å²) in [5.41, 5.74) is 6.48. The second kappa shape index (κ2) is 7.44. The molecule has 0 bridgehead atoms. The van der Waals surface area contributed by atoms with E-state index >= 15 is 0 Å². The van der Waals surface area contributed by atoms with Gasteiger partial charge < -0.3 is 11.1 Å². The van der Waals surface area contributed by atoms with Gasteiger partial charge in [-0.2, -0.15) is 0 Å². The van der Waals surface area contributed by atoms with Crippen LogP contribution in [0.5, 0.6) is 0 Å². The van der Waals surface area contributed by atoms with Gasteiger partial charge in [0.15, 0.2) is 0 Å². The van der Waals surface area contributed by atoms with Crippen molar-refractivity contribution in [2.24, 2.45) is 5.73 Å². The number of rotatable bonds is 7. The van der Waals surface area contributed by atoms with Crippen LogP contribution >= 0.6 is 11.6 Å². The van der Waals surface area contributed by atoms with Gasteiger partial charge in [-0.1, -0.05) is 37.6 Å². The van der Waals surface area contributed by atoms with E-state index in [0.29, 0.717) is 11.6 Å². The van der Waals surface area contributed by atoms with Gasteiger partial charge in [0, 0.05) is 23.2 Å². The second-order valence-corrected chi connectivity index (χ2v) is 8.83. The number of nitrogens with two attached hydrogens (primary N) is 1. The van der Waals surface area contributed by atoms with E-state index in [4.69, 9.17) is 17.3 Å². The molecule has 0 spiro atoms. The number of hydrogen-bond donors (Lipinski definition) is 2. The normalized spacial score (nSPS) is 13.7. The maximum Gasteiger partial charge on any atom is 0.236 e. The third-order valence-corrected chi connectivity index (χ3v) is 4.70. The highest BCUT2D eigenvalue weighted by atomic mass is 35.5. The minimum absolute atomic E-state index is 0.0951. The van der Waals surface area contributed by atoms with E-state index < -0.39 is 15.9 Å². The van der Waals surface area contributed by atoms with Gasteiger partial charge in [0.05, 0.1) is 11.8 Å². The summed E-state index contributed by atoms with van der Waals surface area (Å²) in [5, 5.41) is 3.44. The highest BCUT2D eigenvalue weighted by Gasteiger charge is 2.23. The van der Waals surface area contributed by atoms with Crippen LogP contribution < -0.4 is 11.1 Å². The van der Waals surface area contributed by atoms with Crippen molar-refractivity contribution in [1.29, 1.82) is 0 Å². The van der Waals surface area contributed by atoms with Crippen LogP contribution in [0.15, 0.2) is 24.3 Å². The van der Waals surface area contributed by atoms with E-state index in [1.165, 1.54) is 0 Å². The molecule has 124 valence electrons. The van der Waals surface area contributed by atoms with Crippen LogP contribution in [0.1, 0.15) is 25.8 Å². The molecule has 5 nitrogen and oxygen atoms in total. The topological polar surface area (TPSA) is 89.3 Å². The number of nitrogens with one attached hydrogen (secondary N) is 1. The van der Waals surface area contributed by atoms with Crippen LogP contribution in [0, 0.1) is 0 Å². The van der Waals surface area contributed by atoms with Crippen LogP contribution in [0.4, 0.5) is 0 Å². The van der Waals surface area contributed by atoms with E-state index in [1.54, 1.807) is 12.1 Å². The first-order valence-corrected chi connectivity index (χ1v) is 9.42. The summed E-state index contributed by atoms with van der Waals surface area (Å²) < 4.78 is 22.2. The Morgan fingerprint density at radius 3 is 2.36 bits per heavy atom. The lowest BCUT2D eigenvalue weighted by Gasteiger charge is -2.26. The Morgan fingerprint density at radius 1 is 1.32 bits per heavy atom. The predicted molar refractivity (Wildman–Crippen MR) is 89.8 cm³/mol. The van der Waals surface area contributed by atoms with Gasteiger partial charge in [0.2, 0.25) is 5.91 Å². The number of halogens is 1. The number of carbonyl (C=O) groups excluding carboxylic acids is 1. The van der Waals surface area contributed by atoms with Crippen molar-refractivity contribution >= 4 is 27.3 Å². The summed E-state index contributed by atoms with van der Waals surface area (Å²) in [6.45, 7) is 4.40. The van der Waals surface area contributed by atoms with Crippen molar-refractivity contribution in [1.82, 2.24) is 5.32 Å². The molecule has 1 unspecified atom stereocenters. The Balaban J connectivity index is 2.56. The van der Waals surface area contributed by atoms with Crippen LogP contribution in [0.2, 0.25) is 5.02 Å². The highest BCUT2D eigenvalue weighted by molar-refractivity contribution is 7.90. The summed E-state index contributed by atoms with van der Waals surface area (Å²) >= 11 is 5.87. The quantitative estimate of drug-likeness (QED) is 0.782. The maximum atomic E-state index is 11.9. The number of carbonyl (C=O) groups is 1. The lowest BCUT2D eigenvalue weighted by atomic mass is 9.84. The minimum atomic E-state index is -3.12. The van der Waals surface area contributed by atoms with Gasteiger partial charge >= 0.3 is 0 Å². The molecule has 3 N–H and O–H groups in total. The van der Waals surface area contributed by atoms with E-state index in [2.05, 4.69) is 5.32 Å². The van der Waals surface area contributed by atoms with Crippen molar-refractivity contribution in [3.63, 3.8) is 0 Å². The second-order valence-electron chi connectivity index (χ2n) is 6.13. The highest BCUT2D eigenvalue weighted by Crippen LogP contribution is 2.23. The van der Waals surface area contributed by atoms with Crippen LogP contribution in [-0.4, -0.2) is 38.9 Å². The zero-order valence-corrected chi connectivity index (χ0v) is 14.7. The van der Waals surface area contributed by atoms with Gasteiger partial charge in [0.25, 0.3) is 0 Å². The average molecular weight is 347 g/mol. The summed E-state index contributed by atoms with van der Waals surface area (Å²) in [7, 11) is -3.12. The molecule has 0 heterocycles. The Hall–Kier alpha value is -1.11. The molecule has 22 heavy (non-hydrogen) atoms. The monoisotopic (exact) mass is 346 g/mol. The maximum absolute atomic E-state index is 11.9. The zero-order valence-electron chi connectivity index (χ0n) is 13.1. The van der Waals surface area contributed by atoms with Crippen LogP contribution in [0.25, 0.3) is 0 Å². The number of sulfone groups is 1. The minimum Gasteiger partial charge on any atom is -0.354 e. The SMILES string of the molecule is CC(C)(CNC(=O)C(N)CCS(C)(=O)=O)c1ccc(Cl)cc1. The molecule has 1 atom stereocenters. The van der Waals surface area contributed by atoms with Crippen molar-refractivity contribution in [3.05, 3.63) is 34.9 Å². The van der Waals surface area contributed by atoms with Crippen molar-refractivity contribution < 1.29 is 13.2 Å². The number of amides is 1. The van der Waals surface area contributed by atoms with Gasteiger partial charge in [-0.05, 0) is 24.1 Å². The van der Waals surface area contributed by atoms with Crippen molar-refractivity contribution in [3.8, 4) is 0 Å². The first-order valence-electron chi connectivity index (χ1n) is 6.98. The first kappa shape index (κ1) is 18.9. The fraction of sp³-hybridized carbons (Fsp3) is 0.533. The smallest absolute Gasteiger partial charge is 0.236 e. The fourth-order valence-corrected chi connectivity index (χ4v) is 2.72. The molecule has 1 amide bonds. The van der Waals surface area contributed by atoms with Crippen molar-refractivity contribution in [2.45, 2.75) is 31.7 Å². The molecule has 0 aliphatic heterocycles. The standard InChI is InChI=1S/C15H23ClN2O3S/c1-15(2,11-4-6-12(16)7-5-11)10-18-14(19)13(17)8-9-22(3,20)21/h4-7,13H,8-10,17H2,1-3H3,(H,18,19). The largest absolute Gasteiger partial charge is 0.354 e. The molecule has 0 saturated heterocycles. The molecule has 0 saturated carbocycles. The average Bonchev–Trinajstić information content (AvgIpc) is 2.42. The molecule has 0 fully saturated rings. The Morgan fingerprint density at radius 2 is 1.86 bits per heavy atom. The summed E-state index contributed by atoms with van der Waals surface area (Å²) in [6, 6.07) is 6.61. The van der Waals surface area contributed by atoms with Crippen LogP contribution in [-0.2, 0) is 20.0 Å². The van der Waals surface area contributed by atoms with Crippen LogP contribution in [0.3, 0.4) is 0 Å². The Labute approximate surface area is 137 Å². The van der Waals surface area contributed by atoms with E-state index in [9.17, 15) is 13.2 Å². The van der Waals surface area contributed by atoms with Gasteiger partial charge in [-0.25, -0.2) is 8.42 Å². The van der Waals surface area contributed by atoms with Gasteiger partial charge in [-0.3, -0.25) is 4.79 Å². The Bertz CT molecular complexity index is 612. The molecule has 0 aromatic heterocycles.